The zero-order valence-electron chi connectivity index (χ0n) is 28.7. The highest BCUT2D eigenvalue weighted by Gasteiger charge is 2.47. The maximum Gasteiger partial charge on any atom is 0.0719 e. The molecule has 1 aliphatic rings. The van der Waals surface area contributed by atoms with Crippen molar-refractivity contribution in [2.45, 2.75) is 5.41 Å². The van der Waals surface area contributed by atoms with Crippen LogP contribution in [0.15, 0.2) is 212 Å². The third-order valence-corrected chi connectivity index (χ3v) is 10.9. The van der Waals surface area contributed by atoms with Crippen LogP contribution in [0.3, 0.4) is 0 Å². The SMILES string of the molecule is c1ccc(N(c2ccc(-c3cccc4c3-c3ccc5ccccc5c3C4(c3ccccc3)c3ccccc3)cc2)c2cccc3ccccc23)cc1. The summed E-state index contributed by atoms with van der Waals surface area (Å²) in [5.74, 6) is 0. The second-order valence-electron chi connectivity index (χ2n) is 13.6. The maximum atomic E-state index is 2.37. The van der Waals surface area contributed by atoms with Gasteiger partial charge < -0.3 is 4.90 Å². The van der Waals surface area contributed by atoms with E-state index in [-0.39, 0.29) is 0 Å². The second kappa shape index (κ2) is 12.3. The quantitative estimate of drug-likeness (QED) is 0.171. The Labute approximate surface area is 304 Å². The molecule has 0 saturated carbocycles. The van der Waals surface area contributed by atoms with Gasteiger partial charge in [-0.05, 0) is 91.0 Å². The zero-order chi connectivity index (χ0) is 34.5. The summed E-state index contributed by atoms with van der Waals surface area (Å²) < 4.78 is 0. The van der Waals surface area contributed by atoms with Crippen LogP contribution in [0.25, 0.3) is 43.8 Å². The Morgan fingerprint density at radius 1 is 0.346 bits per heavy atom. The molecule has 9 aromatic rings. The topological polar surface area (TPSA) is 3.24 Å². The highest BCUT2D eigenvalue weighted by atomic mass is 15.1. The number of anilines is 3. The average molecular weight is 662 g/mol. The fraction of sp³-hybridized carbons (Fsp3) is 0.0196. The first-order valence-electron chi connectivity index (χ1n) is 18.0. The van der Waals surface area contributed by atoms with Crippen LogP contribution in [0.2, 0.25) is 0 Å². The van der Waals surface area contributed by atoms with Crippen LogP contribution in [0.5, 0.6) is 0 Å². The van der Waals surface area contributed by atoms with Gasteiger partial charge in [0.2, 0.25) is 0 Å². The van der Waals surface area contributed by atoms with Crippen LogP contribution in [-0.4, -0.2) is 0 Å². The maximum absolute atomic E-state index is 2.37. The molecular weight excluding hydrogens is 627 g/mol. The number of fused-ring (bicyclic) bond motifs is 6. The number of benzene rings is 9. The molecule has 244 valence electrons. The molecule has 0 aliphatic heterocycles. The predicted octanol–water partition coefficient (Wildman–Crippen LogP) is 13.5. The summed E-state index contributed by atoms with van der Waals surface area (Å²) in [4.78, 5) is 2.37. The van der Waals surface area contributed by atoms with Crippen LogP contribution < -0.4 is 4.90 Å². The molecule has 1 aliphatic carbocycles. The number of hydrogen-bond acceptors (Lipinski definition) is 1. The zero-order valence-corrected chi connectivity index (χ0v) is 28.7. The normalized spacial score (nSPS) is 12.8. The fourth-order valence-electron chi connectivity index (χ4n) is 8.75. The minimum absolute atomic E-state index is 0.484. The van der Waals surface area contributed by atoms with Crippen molar-refractivity contribution >= 4 is 38.6 Å². The standard InChI is InChI=1S/C51H35N/c1-4-19-39(20-5-1)51(40-21-6-2-7-22-40)47-28-15-27-44(49(47)46-35-32-37-17-11-13-26-45(37)50(46)51)38-30-33-42(34-31-38)52(41-23-8-3-9-24-41)48-29-14-18-36-16-10-12-25-43(36)48/h1-35H. The van der Waals surface area contributed by atoms with E-state index in [1.165, 1.54) is 66.1 Å². The Balaban J connectivity index is 1.20. The van der Waals surface area contributed by atoms with E-state index in [1.54, 1.807) is 0 Å². The van der Waals surface area contributed by atoms with Gasteiger partial charge in [0.05, 0.1) is 11.1 Å². The van der Waals surface area contributed by atoms with Crippen molar-refractivity contribution in [3.63, 3.8) is 0 Å². The lowest BCUT2D eigenvalue weighted by molar-refractivity contribution is 0.775. The van der Waals surface area contributed by atoms with Gasteiger partial charge >= 0.3 is 0 Å². The first-order valence-corrected chi connectivity index (χ1v) is 18.0. The Bertz CT molecular complexity index is 2670. The number of para-hydroxylation sites is 1. The predicted molar refractivity (Wildman–Crippen MR) is 219 cm³/mol. The molecule has 1 nitrogen and oxygen atoms in total. The third kappa shape index (κ3) is 4.56. The van der Waals surface area contributed by atoms with Gasteiger partial charge in [0.25, 0.3) is 0 Å². The summed E-state index contributed by atoms with van der Waals surface area (Å²) in [6.45, 7) is 0. The van der Waals surface area contributed by atoms with Gasteiger partial charge in [0.1, 0.15) is 0 Å². The van der Waals surface area contributed by atoms with Gasteiger partial charge in [-0.2, -0.15) is 0 Å². The van der Waals surface area contributed by atoms with Gasteiger partial charge in [-0.15, -0.1) is 0 Å². The van der Waals surface area contributed by atoms with E-state index in [0.717, 1.165) is 17.1 Å². The minimum atomic E-state index is -0.484. The molecule has 9 aromatic carbocycles. The minimum Gasteiger partial charge on any atom is -0.310 e. The van der Waals surface area contributed by atoms with Crippen molar-refractivity contribution in [1.82, 2.24) is 0 Å². The summed E-state index contributed by atoms with van der Waals surface area (Å²) in [6, 6.07) is 77.7. The van der Waals surface area contributed by atoms with E-state index in [2.05, 4.69) is 217 Å². The third-order valence-electron chi connectivity index (χ3n) is 10.9. The van der Waals surface area contributed by atoms with Crippen LogP contribution in [0.1, 0.15) is 22.3 Å². The summed E-state index contributed by atoms with van der Waals surface area (Å²) in [5.41, 5.74) is 13.2. The first-order chi connectivity index (χ1) is 25.8. The molecule has 1 heteroatoms. The van der Waals surface area contributed by atoms with E-state index in [1.807, 2.05) is 0 Å². The monoisotopic (exact) mass is 661 g/mol. The Morgan fingerprint density at radius 3 is 1.58 bits per heavy atom. The van der Waals surface area contributed by atoms with Crippen LogP contribution in [0.4, 0.5) is 17.1 Å². The van der Waals surface area contributed by atoms with E-state index in [0.29, 0.717) is 0 Å². The van der Waals surface area contributed by atoms with Crippen molar-refractivity contribution in [2.24, 2.45) is 0 Å². The molecule has 0 radical (unpaired) electrons. The van der Waals surface area contributed by atoms with E-state index in [9.17, 15) is 0 Å². The van der Waals surface area contributed by atoms with Crippen molar-refractivity contribution < 1.29 is 0 Å². The smallest absolute Gasteiger partial charge is 0.0719 e. The summed E-state index contributed by atoms with van der Waals surface area (Å²) >= 11 is 0. The van der Waals surface area contributed by atoms with E-state index < -0.39 is 5.41 Å². The molecule has 10 rings (SSSR count). The molecule has 0 amide bonds. The molecule has 0 heterocycles. The summed E-state index contributed by atoms with van der Waals surface area (Å²) in [7, 11) is 0. The van der Waals surface area contributed by atoms with Crippen LogP contribution >= 0.6 is 0 Å². The van der Waals surface area contributed by atoms with Gasteiger partial charge in [-0.25, -0.2) is 0 Å². The first kappa shape index (κ1) is 30.2. The highest BCUT2D eigenvalue weighted by Crippen LogP contribution is 2.60. The molecule has 0 unspecified atom stereocenters. The lowest BCUT2D eigenvalue weighted by Gasteiger charge is -2.34. The number of nitrogens with zero attached hydrogens (tertiary/aromatic N) is 1. The lowest BCUT2D eigenvalue weighted by atomic mass is 9.66. The highest BCUT2D eigenvalue weighted by molar-refractivity contribution is 6.04. The molecule has 0 spiro atoms. The molecule has 0 saturated heterocycles. The van der Waals surface area contributed by atoms with Crippen molar-refractivity contribution in [2.75, 3.05) is 4.90 Å². The summed E-state index contributed by atoms with van der Waals surface area (Å²) in [5, 5.41) is 4.99. The van der Waals surface area contributed by atoms with Crippen molar-refractivity contribution in [3.8, 4) is 22.3 Å². The lowest BCUT2D eigenvalue weighted by Crippen LogP contribution is -2.28. The molecule has 0 bridgehead atoms. The van der Waals surface area contributed by atoms with Gasteiger partial charge in [0, 0.05) is 16.8 Å². The fourth-order valence-corrected chi connectivity index (χ4v) is 8.75. The number of hydrogen-bond donors (Lipinski definition) is 0. The van der Waals surface area contributed by atoms with Gasteiger partial charge in [0.15, 0.2) is 0 Å². The van der Waals surface area contributed by atoms with Crippen LogP contribution in [0, 0.1) is 0 Å². The number of rotatable bonds is 6. The summed E-state index contributed by atoms with van der Waals surface area (Å²) in [6.07, 6.45) is 0. The molecule has 52 heavy (non-hydrogen) atoms. The largest absolute Gasteiger partial charge is 0.310 e. The van der Waals surface area contributed by atoms with Gasteiger partial charge in [-0.1, -0.05) is 182 Å². The van der Waals surface area contributed by atoms with Crippen molar-refractivity contribution in [1.29, 1.82) is 0 Å². The Kier molecular flexibility index (Phi) is 7.11. The van der Waals surface area contributed by atoms with Gasteiger partial charge in [-0.3, -0.25) is 0 Å². The van der Waals surface area contributed by atoms with E-state index >= 15 is 0 Å². The Hall–Kier alpha value is -6.70. The molecular formula is C51H35N. The molecule has 0 N–H and O–H groups in total. The average Bonchev–Trinajstić information content (AvgIpc) is 3.54. The van der Waals surface area contributed by atoms with E-state index in [4.69, 9.17) is 0 Å². The second-order valence-corrected chi connectivity index (χ2v) is 13.6. The van der Waals surface area contributed by atoms with Crippen molar-refractivity contribution in [3.05, 3.63) is 235 Å². The van der Waals surface area contributed by atoms with Crippen LogP contribution in [-0.2, 0) is 5.41 Å². The molecule has 0 aromatic heterocycles. The Morgan fingerprint density at radius 2 is 0.885 bits per heavy atom. The molecule has 0 atom stereocenters. The molecule has 0 fully saturated rings.